The van der Waals surface area contributed by atoms with Gasteiger partial charge in [0, 0.05) is 31.1 Å². The van der Waals surface area contributed by atoms with Gasteiger partial charge in [0.2, 0.25) is 5.91 Å². The van der Waals surface area contributed by atoms with E-state index < -0.39 is 0 Å². The van der Waals surface area contributed by atoms with Crippen LogP contribution in [0.25, 0.3) is 0 Å². The van der Waals surface area contributed by atoms with Crippen molar-refractivity contribution in [3.63, 3.8) is 0 Å². The van der Waals surface area contributed by atoms with Crippen molar-refractivity contribution in [3.8, 4) is 0 Å². The van der Waals surface area contributed by atoms with Gasteiger partial charge in [0.15, 0.2) is 5.96 Å². The number of hydrogen-bond donors (Lipinski definition) is 3. The number of nitrogens with zero attached hydrogens (tertiary/aromatic N) is 2. The van der Waals surface area contributed by atoms with Crippen LogP contribution in [0.5, 0.6) is 0 Å². The van der Waals surface area contributed by atoms with Gasteiger partial charge in [-0.15, -0.1) is 11.3 Å². The summed E-state index contributed by atoms with van der Waals surface area (Å²) in [6.07, 6.45) is 4.00. The molecule has 1 saturated heterocycles. The molecular weight excluding hydrogens is 334 g/mol. The first-order valence-corrected chi connectivity index (χ1v) is 10.1. The smallest absolute Gasteiger partial charge is 0.221 e. The predicted molar refractivity (Wildman–Crippen MR) is 105 cm³/mol. The van der Waals surface area contributed by atoms with E-state index in [1.54, 1.807) is 11.3 Å². The quantitative estimate of drug-likeness (QED) is 0.351. The van der Waals surface area contributed by atoms with Gasteiger partial charge in [0.1, 0.15) is 0 Å². The van der Waals surface area contributed by atoms with Crippen LogP contribution in [-0.4, -0.2) is 56.0 Å². The Morgan fingerprint density at radius 1 is 1.48 bits per heavy atom. The number of primary amides is 1. The highest BCUT2D eigenvalue weighted by molar-refractivity contribution is 7.09. The molecule has 0 bridgehead atoms. The molecule has 0 aliphatic carbocycles. The minimum Gasteiger partial charge on any atom is -0.369 e. The van der Waals surface area contributed by atoms with Crippen molar-refractivity contribution in [3.05, 3.63) is 22.4 Å². The highest BCUT2D eigenvalue weighted by Crippen LogP contribution is 2.15. The molecule has 1 amide bonds. The van der Waals surface area contributed by atoms with E-state index in [4.69, 9.17) is 5.73 Å². The van der Waals surface area contributed by atoms with E-state index >= 15 is 0 Å². The number of nitrogens with two attached hydrogens (primary N) is 1. The Labute approximate surface area is 154 Å². The van der Waals surface area contributed by atoms with Gasteiger partial charge < -0.3 is 21.3 Å². The number of rotatable bonds is 9. The normalized spacial score (nSPS) is 18.9. The summed E-state index contributed by atoms with van der Waals surface area (Å²) in [7, 11) is 0. The fourth-order valence-corrected chi connectivity index (χ4v) is 3.79. The molecule has 1 atom stereocenters. The summed E-state index contributed by atoms with van der Waals surface area (Å²) in [4.78, 5) is 19.7. The van der Waals surface area contributed by atoms with Gasteiger partial charge in [-0.3, -0.25) is 9.79 Å². The lowest BCUT2D eigenvalue weighted by atomic mass is 9.97. The zero-order chi connectivity index (χ0) is 17.9. The molecule has 1 aromatic rings. The number of nitrogens with one attached hydrogen (secondary N) is 2. The maximum absolute atomic E-state index is 11.3. The zero-order valence-corrected chi connectivity index (χ0v) is 16.0. The molecule has 1 unspecified atom stereocenters. The van der Waals surface area contributed by atoms with Crippen LogP contribution in [0.4, 0.5) is 0 Å². The predicted octanol–water partition coefficient (Wildman–Crippen LogP) is 1.43. The second-order valence-electron chi connectivity index (χ2n) is 6.41. The third-order valence-electron chi connectivity index (χ3n) is 4.40. The molecule has 4 N–H and O–H groups in total. The molecule has 6 nitrogen and oxygen atoms in total. The lowest BCUT2D eigenvalue weighted by molar-refractivity contribution is -0.123. The summed E-state index contributed by atoms with van der Waals surface area (Å²) in [5.74, 6) is 0.744. The molecule has 0 aromatic carbocycles. The van der Waals surface area contributed by atoms with E-state index in [2.05, 4.69) is 45.0 Å². The summed E-state index contributed by atoms with van der Waals surface area (Å²) in [5, 5.41) is 8.79. The Balaban J connectivity index is 1.66. The van der Waals surface area contributed by atoms with Crippen LogP contribution in [-0.2, 0) is 11.2 Å². The van der Waals surface area contributed by atoms with E-state index in [9.17, 15) is 4.79 Å². The van der Waals surface area contributed by atoms with Crippen molar-refractivity contribution in [1.29, 1.82) is 0 Å². The number of amides is 1. The van der Waals surface area contributed by atoms with Crippen LogP contribution in [0.3, 0.4) is 0 Å². The number of carbonyl (C=O) groups is 1. The first kappa shape index (κ1) is 19.7. The minimum atomic E-state index is -0.160. The highest BCUT2D eigenvalue weighted by Gasteiger charge is 2.23. The number of thiophene rings is 1. The average molecular weight is 366 g/mol. The summed E-state index contributed by atoms with van der Waals surface area (Å²) >= 11 is 1.79. The van der Waals surface area contributed by atoms with Crippen LogP contribution >= 0.6 is 11.3 Å². The molecular formula is C18H31N5OS. The van der Waals surface area contributed by atoms with Gasteiger partial charge in [-0.1, -0.05) is 6.07 Å². The number of likely N-dealkylation sites (tertiary alicyclic amines) is 1. The van der Waals surface area contributed by atoms with Crippen molar-refractivity contribution in [2.45, 2.75) is 32.6 Å². The molecule has 2 heterocycles. The summed E-state index contributed by atoms with van der Waals surface area (Å²) in [5.41, 5.74) is 5.44. The second kappa shape index (κ2) is 11.1. The third-order valence-corrected chi connectivity index (χ3v) is 5.33. The zero-order valence-electron chi connectivity index (χ0n) is 15.2. The highest BCUT2D eigenvalue weighted by atomic mass is 32.1. The van der Waals surface area contributed by atoms with Gasteiger partial charge in [0.25, 0.3) is 0 Å². The van der Waals surface area contributed by atoms with E-state index in [1.807, 2.05) is 0 Å². The lowest BCUT2D eigenvalue weighted by Gasteiger charge is -2.30. The first-order chi connectivity index (χ1) is 12.2. The van der Waals surface area contributed by atoms with E-state index in [1.165, 1.54) is 4.88 Å². The van der Waals surface area contributed by atoms with Gasteiger partial charge in [0.05, 0.1) is 5.92 Å². The second-order valence-corrected chi connectivity index (χ2v) is 7.44. The van der Waals surface area contributed by atoms with Gasteiger partial charge in [-0.25, -0.2) is 0 Å². The molecule has 1 aliphatic rings. The summed E-state index contributed by atoms with van der Waals surface area (Å²) in [6.45, 7) is 7.45. The van der Waals surface area contributed by atoms with Crippen LogP contribution in [0.1, 0.15) is 31.1 Å². The van der Waals surface area contributed by atoms with Crippen LogP contribution in [0.15, 0.2) is 22.5 Å². The van der Waals surface area contributed by atoms with Crippen molar-refractivity contribution < 1.29 is 4.79 Å². The Morgan fingerprint density at radius 3 is 3.08 bits per heavy atom. The first-order valence-electron chi connectivity index (χ1n) is 9.25. The fraction of sp³-hybridized carbons (Fsp3) is 0.667. The van der Waals surface area contributed by atoms with Gasteiger partial charge in [-0.05, 0) is 57.1 Å². The monoisotopic (exact) mass is 365 g/mol. The van der Waals surface area contributed by atoms with E-state index in [0.29, 0.717) is 0 Å². The number of hydrogen-bond acceptors (Lipinski definition) is 4. The Morgan fingerprint density at radius 2 is 2.36 bits per heavy atom. The molecule has 0 spiro atoms. The van der Waals surface area contributed by atoms with Gasteiger partial charge >= 0.3 is 0 Å². The van der Waals surface area contributed by atoms with Crippen LogP contribution in [0.2, 0.25) is 0 Å². The molecule has 1 fully saturated rings. The SMILES string of the molecule is CCNC(=NCCCN1CCCC(C(N)=O)C1)NCCc1cccs1. The van der Waals surface area contributed by atoms with Crippen molar-refractivity contribution >= 4 is 23.2 Å². The standard InChI is InChI=1S/C18H31N5OS/c1-2-20-18(22-10-8-16-7-4-13-25-16)21-9-5-12-23-11-3-6-15(14-23)17(19)24/h4,7,13,15H,2-3,5-6,8-12,14H2,1H3,(H2,19,24)(H2,20,21,22). The molecule has 1 aliphatic heterocycles. The van der Waals surface area contributed by atoms with Crippen LogP contribution < -0.4 is 16.4 Å². The summed E-state index contributed by atoms with van der Waals surface area (Å²) < 4.78 is 0. The largest absolute Gasteiger partial charge is 0.369 e. The Hall–Kier alpha value is -1.60. The molecule has 140 valence electrons. The number of aliphatic imine (C=N–C) groups is 1. The van der Waals surface area contributed by atoms with Crippen LogP contribution in [0, 0.1) is 5.92 Å². The molecule has 0 saturated carbocycles. The maximum Gasteiger partial charge on any atom is 0.221 e. The van der Waals surface area contributed by atoms with Crippen molar-refractivity contribution in [2.24, 2.45) is 16.6 Å². The van der Waals surface area contributed by atoms with Crippen molar-refractivity contribution in [2.75, 3.05) is 39.3 Å². The maximum atomic E-state index is 11.3. The fourth-order valence-electron chi connectivity index (χ4n) is 3.08. The molecule has 0 radical (unpaired) electrons. The Kier molecular flexibility index (Phi) is 8.76. The van der Waals surface area contributed by atoms with Crippen molar-refractivity contribution in [1.82, 2.24) is 15.5 Å². The van der Waals surface area contributed by atoms with Gasteiger partial charge in [-0.2, -0.15) is 0 Å². The Bertz CT molecular complexity index is 532. The minimum absolute atomic E-state index is 0.0217. The van der Waals surface area contributed by atoms with E-state index in [-0.39, 0.29) is 11.8 Å². The average Bonchev–Trinajstić information content (AvgIpc) is 3.12. The topological polar surface area (TPSA) is 82.8 Å². The molecule has 7 heteroatoms. The summed E-state index contributed by atoms with van der Waals surface area (Å²) in [6, 6.07) is 4.25. The number of guanidine groups is 1. The third kappa shape index (κ3) is 7.44. The lowest BCUT2D eigenvalue weighted by Crippen LogP contribution is -2.41. The molecule has 25 heavy (non-hydrogen) atoms. The molecule has 1 aromatic heterocycles. The molecule has 2 rings (SSSR count). The number of carbonyl (C=O) groups excluding carboxylic acids is 1. The number of piperidine rings is 1. The van der Waals surface area contributed by atoms with E-state index in [0.717, 1.165) is 70.9 Å².